The molecule has 0 saturated carbocycles. The van der Waals surface area contributed by atoms with Crippen LogP contribution in [0.1, 0.15) is 29.2 Å². The molecule has 0 spiro atoms. The number of aliphatic hydroxyl groups excluding tert-OH is 1. The van der Waals surface area contributed by atoms with E-state index >= 15 is 0 Å². The smallest absolute Gasteiger partial charge is 0.115 e. The van der Waals surface area contributed by atoms with Crippen LogP contribution in [0.2, 0.25) is 10.0 Å². The molecule has 0 radical (unpaired) electrons. The second kappa shape index (κ2) is 7.10. The predicted molar refractivity (Wildman–Crippen MR) is 93.3 cm³/mol. The van der Waals surface area contributed by atoms with Crippen molar-refractivity contribution in [3.8, 4) is 5.75 Å². The maximum atomic E-state index is 10.3. The van der Waals surface area contributed by atoms with E-state index in [4.69, 9.17) is 23.2 Å². The molecule has 3 N–H and O–H groups in total. The summed E-state index contributed by atoms with van der Waals surface area (Å²) in [5.41, 5.74) is 3.15. The first-order valence-corrected chi connectivity index (χ1v) is 8.45. The van der Waals surface area contributed by atoms with E-state index in [1.165, 1.54) is 11.1 Å². The van der Waals surface area contributed by atoms with Gasteiger partial charge in [-0.05, 0) is 54.7 Å². The van der Waals surface area contributed by atoms with Crippen molar-refractivity contribution in [2.24, 2.45) is 0 Å². The molecule has 0 aliphatic heterocycles. The number of aryl methyl sites for hydroxylation is 1. The zero-order valence-electron chi connectivity index (χ0n) is 12.6. The number of nitrogens with one attached hydrogen (secondary N) is 1. The molecule has 0 aromatic heterocycles. The molecule has 122 valence electrons. The molecule has 0 amide bonds. The molecule has 2 unspecified atom stereocenters. The molecular formula is C18H19Cl2NO2. The summed E-state index contributed by atoms with van der Waals surface area (Å²) in [6.45, 7) is 0.444. The van der Waals surface area contributed by atoms with Gasteiger partial charge in [-0.25, -0.2) is 0 Å². The number of hydrogen-bond donors (Lipinski definition) is 3. The molecule has 0 fully saturated rings. The summed E-state index contributed by atoms with van der Waals surface area (Å²) in [5.74, 6) is 0.322. The van der Waals surface area contributed by atoms with Crippen molar-refractivity contribution in [3.05, 3.63) is 63.1 Å². The number of phenolic OH excluding ortho intramolecular Hbond substituents is 1. The van der Waals surface area contributed by atoms with Crippen LogP contribution in [0.4, 0.5) is 0 Å². The molecule has 5 heteroatoms. The first-order chi connectivity index (χ1) is 11.0. The van der Waals surface area contributed by atoms with Gasteiger partial charge in [-0.1, -0.05) is 35.3 Å². The van der Waals surface area contributed by atoms with E-state index in [1.807, 2.05) is 12.1 Å². The minimum absolute atomic E-state index is 0.313. The zero-order chi connectivity index (χ0) is 16.4. The Kier molecular flexibility index (Phi) is 5.12. The van der Waals surface area contributed by atoms with Crippen LogP contribution in [-0.4, -0.2) is 22.8 Å². The average Bonchev–Trinajstić information content (AvgIpc) is 2.52. The van der Waals surface area contributed by atoms with Crippen LogP contribution in [0.25, 0.3) is 0 Å². The summed E-state index contributed by atoms with van der Waals surface area (Å²) < 4.78 is 0. The van der Waals surface area contributed by atoms with Crippen LogP contribution in [0.3, 0.4) is 0 Å². The molecule has 2 aromatic carbocycles. The predicted octanol–water partition coefficient (Wildman–Crippen LogP) is 3.88. The van der Waals surface area contributed by atoms with Gasteiger partial charge in [0.1, 0.15) is 5.75 Å². The van der Waals surface area contributed by atoms with Gasteiger partial charge in [-0.15, -0.1) is 0 Å². The third kappa shape index (κ3) is 3.99. The third-order valence-corrected chi connectivity index (χ3v) is 4.90. The highest BCUT2D eigenvalue weighted by Gasteiger charge is 2.20. The lowest BCUT2D eigenvalue weighted by Crippen LogP contribution is -2.37. The lowest BCUT2D eigenvalue weighted by molar-refractivity contribution is 0.168. The van der Waals surface area contributed by atoms with Crippen molar-refractivity contribution >= 4 is 23.2 Å². The number of aromatic hydroxyl groups is 1. The van der Waals surface area contributed by atoms with Crippen LogP contribution >= 0.6 is 23.2 Å². The molecule has 2 aromatic rings. The summed E-state index contributed by atoms with van der Waals surface area (Å²) >= 11 is 12.0. The summed E-state index contributed by atoms with van der Waals surface area (Å²) in [7, 11) is 0. The minimum Gasteiger partial charge on any atom is -0.508 e. The Labute approximate surface area is 145 Å². The van der Waals surface area contributed by atoms with Crippen LogP contribution in [0.5, 0.6) is 5.75 Å². The number of phenols is 1. The highest BCUT2D eigenvalue weighted by Crippen LogP contribution is 2.27. The summed E-state index contributed by atoms with van der Waals surface area (Å²) in [6, 6.07) is 11.0. The van der Waals surface area contributed by atoms with Gasteiger partial charge in [-0.3, -0.25) is 0 Å². The van der Waals surface area contributed by atoms with E-state index in [2.05, 4.69) is 5.32 Å². The number of benzene rings is 2. The van der Waals surface area contributed by atoms with Crippen molar-refractivity contribution in [1.82, 2.24) is 5.32 Å². The fourth-order valence-corrected chi connectivity index (χ4v) is 3.61. The van der Waals surface area contributed by atoms with E-state index in [0.717, 1.165) is 19.3 Å². The van der Waals surface area contributed by atoms with E-state index in [1.54, 1.807) is 24.3 Å². The minimum atomic E-state index is -0.666. The largest absolute Gasteiger partial charge is 0.508 e. The SMILES string of the molecule is Oc1ccc2c(c1)CCC(NCC(O)c1ccc(Cl)cc1Cl)C2. The lowest BCUT2D eigenvalue weighted by Gasteiger charge is -2.27. The standard InChI is InChI=1S/C18H19Cl2NO2/c19-13-3-6-16(17(20)9-13)18(23)10-21-14-4-1-12-8-15(22)5-2-11(12)7-14/h2-3,5-6,8-9,14,18,21-23H,1,4,7,10H2. The van der Waals surface area contributed by atoms with Crippen LogP contribution in [-0.2, 0) is 12.8 Å². The molecule has 2 atom stereocenters. The third-order valence-electron chi connectivity index (χ3n) is 4.34. The molecule has 1 aliphatic rings. The van der Waals surface area contributed by atoms with E-state index in [9.17, 15) is 10.2 Å². The molecule has 1 aliphatic carbocycles. The Hall–Kier alpha value is -1.26. The van der Waals surface area contributed by atoms with E-state index < -0.39 is 6.10 Å². The number of fused-ring (bicyclic) bond motifs is 1. The summed E-state index contributed by atoms with van der Waals surface area (Å²) in [4.78, 5) is 0. The number of halogens is 2. The first-order valence-electron chi connectivity index (χ1n) is 7.70. The molecule has 0 heterocycles. The summed E-state index contributed by atoms with van der Waals surface area (Å²) in [5, 5.41) is 24.3. The van der Waals surface area contributed by atoms with E-state index in [0.29, 0.717) is 33.9 Å². The Morgan fingerprint density at radius 2 is 1.96 bits per heavy atom. The van der Waals surface area contributed by atoms with Crippen LogP contribution in [0, 0.1) is 0 Å². The van der Waals surface area contributed by atoms with Crippen molar-refractivity contribution in [1.29, 1.82) is 0 Å². The second-order valence-electron chi connectivity index (χ2n) is 5.98. The van der Waals surface area contributed by atoms with Gasteiger partial charge < -0.3 is 15.5 Å². The average molecular weight is 352 g/mol. The Morgan fingerprint density at radius 3 is 2.74 bits per heavy atom. The van der Waals surface area contributed by atoms with Crippen LogP contribution < -0.4 is 5.32 Å². The quantitative estimate of drug-likeness (QED) is 0.783. The van der Waals surface area contributed by atoms with Crippen molar-refractivity contribution < 1.29 is 10.2 Å². The summed E-state index contributed by atoms with van der Waals surface area (Å²) in [6.07, 6.45) is 2.15. The Balaban J connectivity index is 1.59. The van der Waals surface area contributed by atoms with Crippen molar-refractivity contribution in [2.75, 3.05) is 6.54 Å². The highest BCUT2D eigenvalue weighted by atomic mass is 35.5. The maximum Gasteiger partial charge on any atom is 0.115 e. The molecule has 3 nitrogen and oxygen atoms in total. The molecular weight excluding hydrogens is 333 g/mol. The van der Waals surface area contributed by atoms with Gasteiger partial charge in [0.05, 0.1) is 6.10 Å². The maximum absolute atomic E-state index is 10.3. The molecule has 3 rings (SSSR count). The van der Waals surface area contributed by atoms with Gasteiger partial charge in [0.15, 0.2) is 0 Å². The van der Waals surface area contributed by atoms with Gasteiger partial charge in [0.2, 0.25) is 0 Å². The normalized spacial score (nSPS) is 18.5. The second-order valence-corrected chi connectivity index (χ2v) is 6.83. The van der Waals surface area contributed by atoms with Gasteiger partial charge in [0.25, 0.3) is 0 Å². The molecule has 0 bridgehead atoms. The molecule has 23 heavy (non-hydrogen) atoms. The fraction of sp³-hybridized carbons (Fsp3) is 0.333. The molecule has 0 saturated heterocycles. The number of rotatable bonds is 4. The topological polar surface area (TPSA) is 52.5 Å². The Morgan fingerprint density at radius 1 is 1.13 bits per heavy atom. The van der Waals surface area contributed by atoms with Crippen molar-refractivity contribution in [3.63, 3.8) is 0 Å². The lowest BCUT2D eigenvalue weighted by atomic mass is 9.88. The fourth-order valence-electron chi connectivity index (χ4n) is 3.08. The van der Waals surface area contributed by atoms with Crippen LogP contribution in [0.15, 0.2) is 36.4 Å². The zero-order valence-corrected chi connectivity index (χ0v) is 14.1. The Bertz CT molecular complexity index is 705. The number of aliphatic hydroxyl groups is 1. The monoisotopic (exact) mass is 351 g/mol. The highest BCUT2D eigenvalue weighted by molar-refractivity contribution is 6.35. The van der Waals surface area contributed by atoms with Gasteiger partial charge >= 0.3 is 0 Å². The van der Waals surface area contributed by atoms with E-state index in [-0.39, 0.29) is 0 Å². The number of hydrogen-bond acceptors (Lipinski definition) is 3. The van der Waals surface area contributed by atoms with Gasteiger partial charge in [0, 0.05) is 28.2 Å². The first kappa shape index (κ1) is 16.6. The van der Waals surface area contributed by atoms with Crippen molar-refractivity contribution in [2.45, 2.75) is 31.4 Å². The van der Waals surface area contributed by atoms with Gasteiger partial charge in [-0.2, -0.15) is 0 Å².